The lowest BCUT2D eigenvalue weighted by molar-refractivity contribution is -0.130. The second-order valence-electron chi connectivity index (χ2n) is 5.07. The summed E-state index contributed by atoms with van der Waals surface area (Å²) < 4.78 is 5.60. The maximum absolute atomic E-state index is 12.6. The number of carbonyl (C=O) groups excluding carboxylic acids is 1. The smallest absolute Gasteiger partial charge is 0.232 e. The van der Waals surface area contributed by atoms with Crippen molar-refractivity contribution >= 4 is 11.6 Å². The number of hydrogen-bond acceptors (Lipinski definition) is 3. The van der Waals surface area contributed by atoms with Gasteiger partial charge in [0.15, 0.2) is 0 Å². The van der Waals surface area contributed by atoms with Crippen molar-refractivity contribution in [1.29, 1.82) is 0 Å². The van der Waals surface area contributed by atoms with Crippen molar-refractivity contribution in [2.24, 2.45) is 5.92 Å². The van der Waals surface area contributed by atoms with Gasteiger partial charge in [0.25, 0.3) is 0 Å². The van der Waals surface area contributed by atoms with E-state index in [9.17, 15) is 4.79 Å². The maximum Gasteiger partial charge on any atom is 0.232 e. The minimum Gasteiger partial charge on any atom is -0.378 e. The highest BCUT2D eigenvalue weighted by molar-refractivity contribution is 5.97. The molecule has 0 aliphatic carbocycles. The summed E-state index contributed by atoms with van der Waals surface area (Å²) in [6, 6.07) is 2.00. The molecule has 4 nitrogen and oxygen atoms in total. The molecule has 0 spiro atoms. The van der Waals surface area contributed by atoms with Crippen LogP contribution in [0.25, 0.3) is 0 Å². The van der Waals surface area contributed by atoms with Crippen LogP contribution >= 0.6 is 0 Å². The quantitative estimate of drug-likeness (QED) is 0.758. The van der Waals surface area contributed by atoms with E-state index in [-0.39, 0.29) is 17.9 Å². The van der Waals surface area contributed by atoms with E-state index in [1.807, 2.05) is 17.9 Å². The van der Waals surface area contributed by atoms with Crippen molar-refractivity contribution in [3.63, 3.8) is 0 Å². The highest BCUT2D eigenvalue weighted by Gasteiger charge is 2.35. The maximum atomic E-state index is 12.6. The highest BCUT2D eigenvalue weighted by Crippen LogP contribution is 2.31. The third kappa shape index (κ3) is 1.90. The van der Waals surface area contributed by atoms with Crippen LogP contribution in [0, 0.1) is 5.92 Å². The number of rotatable bonds is 1. The Morgan fingerprint density at radius 3 is 3.28 bits per heavy atom. The first-order valence-corrected chi connectivity index (χ1v) is 6.63. The Kier molecular flexibility index (Phi) is 3.04. The number of hydrogen-bond donors (Lipinski definition) is 0. The van der Waals surface area contributed by atoms with Crippen LogP contribution in [0.1, 0.15) is 25.3 Å². The molecule has 1 fully saturated rings. The number of anilines is 1. The van der Waals surface area contributed by atoms with Crippen molar-refractivity contribution in [2.75, 3.05) is 18.1 Å². The Morgan fingerprint density at radius 1 is 1.56 bits per heavy atom. The average Bonchev–Trinajstić information content (AvgIpc) is 2.82. The van der Waals surface area contributed by atoms with Crippen molar-refractivity contribution in [1.82, 2.24) is 4.98 Å². The molecule has 1 aromatic heterocycles. The third-order valence-electron chi connectivity index (χ3n) is 3.97. The fourth-order valence-corrected chi connectivity index (χ4v) is 2.90. The molecule has 2 aliphatic heterocycles. The normalized spacial score (nSPS) is 27.1. The van der Waals surface area contributed by atoms with Gasteiger partial charge >= 0.3 is 0 Å². The zero-order valence-corrected chi connectivity index (χ0v) is 10.6. The van der Waals surface area contributed by atoms with E-state index in [4.69, 9.17) is 4.74 Å². The molecule has 18 heavy (non-hydrogen) atoms. The molecule has 3 rings (SSSR count). The van der Waals surface area contributed by atoms with Crippen LogP contribution in [-0.4, -0.2) is 30.1 Å². The molecule has 0 unspecified atom stereocenters. The van der Waals surface area contributed by atoms with Gasteiger partial charge in [-0.3, -0.25) is 9.78 Å². The van der Waals surface area contributed by atoms with Crippen LogP contribution in [0.2, 0.25) is 0 Å². The molecule has 0 bridgehead atoms. The van der Waals surface area contributed by atoms with Gasteiger partial charge in [0, 0.05) is 19.3 Å². The Morgan fingerprint density at radius 2 is 2.44 bits per heavy atom. The summed E-state index contributed by atoms with van der Waals surface area (Å²) in [6.07, 6.45) is 6.48. The van der Waals surface area contributed by atoms with E-state index in [0.29, 0.717) is 0 Å². The van der Waals surface area contributed by atoms with Crippen molar-refractivity contribution in [3.8, 4) is 0 Å². The van der Waals surface area contributed by atoms with Gasteiger partial charge in [-0.1, -0.05) is 0 Å². The molecule has 0 aromatic carbocycles. The predicted molar refractivity (Wildman–Crippen MR) is 68.4 cm³/mol. The van der Waals surface area contributed by atoms with Gasteiger partial charge in [-0.15, -0.1) is 0 Å². The molecule has 1 amide bonds. The highest BCUT2D eigenvalue weighted by atomic mass is 16.5. The molecule has 1 aromatic rings. The van der Waals surface area contributed by atoms with Gasteiger partial charge in [0.05, 0.1) is 23.9 Å². The largest absolute Gasteiger partial charge is 0.378 e. The van der Waals surface area contributed by atoms with E-state index in [1.165, 1.54) is 5.56 Å². The van der Waals surface area contributed by atoms with Gasteiger partial charge in [-0.2, -0.15) is 0 Å². The first kappa shape index (κ1) is 11.7. The summed E-state index contributed by atoms with van der Waals surface area (Å²) in [5.41, 5.74) is 2.21. The van der Waals surface area contributed by atoms with Crippen molar-refractivity contribution < 1.29 is 9.53 Å². The summed E-state index contributed by atoms with van der Waals surface area (Å²) in [4.78, 5) is 18.6. The van der Waals surface area contributed by atoms with Crippen LogP contribution < -0.4 is 4.90 Å². The summed E-state index contributed by atoms with van der Waals surface area (Å²) in [7, 11) is 0. The van der Waals surface area contributed by atoms with E-state index < -0.39 is 0 Å². The van der Waals surface area contributed by atoms with Crippen molar-refractivity contribution in [2.45, 2.75) is 32.3 Å². The van der Waals surface area contributed by atoms with Crippen LogP contribution in [0.5, 0.6) is 0 Å². The lowest BCUT2D eigenvalue weighted by Gasteiger charge is -2.31. The topological polar surface area (TPSA) is 42.4 Å². The van der Waals surface area contributed by atoms with Gasteiger partial charge in [0.2, 0.25) is 5.91 Å². The number of ether oxygens (including phenoxy) is 1. The fourth-order valence-electron chi connectivity index (χ4n) is 2.90. The van der Waals surface area contributed by atoms with E-state index >= 15 is 0 Å². The zero-order valence-electron chi connectivity index (χ0n) is 10.6. The van der Waals surface area contributed by atoms with Crippen LogP contribution in [0.15, 0.2) is 18.5 Å². The minimum atomic E-state index is 0.00454. The first-order chi connectivity index (χ1) is 8.77. The summed E-state index contributed by atoms with van der Waals surface area (Å²) in [6.45, 7) is 3.56. The summed E-state index contributed by atoms with van der Waals surface area (Å²) >= 11 is 0. The van der Waals surface area contributed by atoms with Gasteiger partial charge in [-0.05, 0) is 37.8 Å². The number of amides is 1. The monoisotopic (exact) mass is 246 g/mol. The SMILES string of the molecule is C[C@@H]1OCCC[C@H]1C(=O)N1CCc2ccncc21. The molecular formula is C14H18N2O2. The Hall–Kier alpha value is -1.42. The van der Waals surface area contributed by atoms with Gasteiger partial charge < -0.3 is 9.64 Å². The summed E-state index contributed by atoms with van der Waals surface area (Å²) in [5.74, 6) is 0.207. The molecule has 0 saturated carbocycles. The standard InChI is InChI=1S/C14H18N2O2/c1-10-12(3-2-8-18-10)14(17)16-7-5-11-4-6-15-9-13(11)16/h4,6,9-10,12H,2-3,5,7-8H2,1H3/t10-,12+/m0/s1. The third-order valence-corrected chi connectivity index (χ3v) is 3.97. The second kappa shape index (κ2) is 4.69. The number of pyridine rings is 1. The second-order valence-corrected chi connectivity index (χ2v) is 5.07. The van der Waals surface area contributed by atoms with Gasteiger partial charge in [-0.25, -0.2) is 0 Å². The Bertz CT molecular complexity index is 461. The van der Waals surface area contributed by atoms with Crippen molar-refractivity contribution in [3.05, 3.63) is 24.0 Å². The van der Waals surface area contributed by atoms with Crippen LogP contribution in [0.4, 0.5) is 5.69 Å². The molecule has 2 aliphatic rings. The molecule has 2 atom stereocenters. The van der Waals surface area contributed by atoms with E-state index in [1.54, 1.807) is 12.4 Å². The molecule has 1 saturated heterocycles. The molecule has 3 heterocycles. The molecular weight excluding hydrogens is 228 g/mol. The molecule has 4 heteroatoms. The zero-order chi connectivity index (χ0) is 12.5. The van der Waals surface area contributed by atoms with Crippen LogP contribution in [-0.2, 0) is 16.0 Å². The van der Waals surface area contributed by atoms with E-state index in [0.717, 1.165) is 38.1 Å². The molecule has 96 valence electrons. The van der Waals surface area contributed by atoms with E-state index in [2.05, 4.69) is 4.98 Å². The fraction of sp³-hybridized carbons (Fsp3) is 0.571. The predicted octanol–water partition coefficient (Wildman–Crippen LogP) is 1.79. The minimum absolute atomic E-state index is 0.00454. The number of carbonyl (C=O) groups is 1. The average molecular weight is 246 g/mol. The Labute approximate surface area is 107 Å². The van der Waals surface area contributed by atoms with Crippen LogP contribution in [0.3, 0.4) is 0 Å². The van der Waals surface area contributed by atoms with Gasteiger partial charge in [0.1, 0.15) is 0 Å². The molecule has 0 radical (unpaired) electrons. The molecule has 0 N–H and O–H groups in total. The lowest BCUT2D eigenvalue weighted by atomic mass is 9.94. The summed E-state index contributed by atoms with van der Waals surface area (Å²) in [5, 5.41) is 0. The number of nitrogens with zero attached hydrogens (tertiary/aromatic N) is 2. The number of fused-ring (bicyclic) bond motifs is 1. The number of aromatic nitrogens is 1. The Balaban J connectivity index is 1.82. The lowest BCUT2D eigenvalue weighted by Crippen LogP contribution is -2.42. The first-order valence-electron chi connectivity index (χ1n) is 6.63.